The van der Waals surface area contributed by atoms with Crippen LogP contribution in [-0.4, -0.2) is 36.9 Å². The van der Waals surface area contributed by atoms with E-state index in [1.54, 1.807) is 11.9 Å². The van der Waals surface area contributed by atoms with E-state index in [1.807, 2.05) is 84.9 Å². The van der Waals surface area contributed by atoms with E-state index in [2.05, 4.69) is 10.6 Å². The maximum absolute atomic E-state index is 12.5. The van der Waals surface area contributed by atoms with E-state index in [1.165, 1.54) is 0 Å². The molecule has 28 heavy (non-hydrogen) atoms. The Morgan fingerprint density at radius 3 is 1.93 bits per heavy atom. The second-order valence-electron chi connectivity index (χ2n) is 6.55. The number of benzene rings is 3. The molecule has 5 nitrogen and oxygen atoms in total. The largest absolute Gasteiger partial charge is 0.325 e. The standard InChI is InChI=1S/C23H23N3O2/c1-26(16-22(27)24-19-12-6-3-7-13-19)17-23(28)25-21-15-9-8-14-20(21)18-10-4-2-5-11-18/h2-15H,16-17H2,1H3,(H,24,27)(H,25,28). The number of carbonyl (C=O) groups excluding carboxylic acids is 2. The van der Waals surface area contributed by atoms with E-state index in [9.17, 15) is 9.59 Å². The van der Waals surface area contributed by atoms with Crippen LogP contribution >= 0.6 is 0 Å². The van der Waals surface area contributed by atoms with Gasteiger partial charge in [-0.3, -0.25) is 14.5 Å². The van der Waals surface area contributed by atoms with Crippen LogP contribution in [0.4, 0.5) is 11.4 Å². The summed E-state index contributed by atoms with van der Waals surface area (Å²) in [6.07, 6.45) is 0. The molecule has 0 atom stereocenters. The van der Waals surface area contributed by atoms with Crippen molar-refractivity contribution < 1.29 is 9.59 Å². The van der Waals surface area contributed by atoms with Crippen LogP contribution in [0.3, 0.4) is 0 Å². The third-order valence-corrected chi connectivity index (χ3v) is 4.17. The van der Waals surface area contributed by atoms with Crippen LogP contribution < -0.4 is 10.6 Å². The average Bonchev–Trinajstić information content (AvgIpc) is 2.69. The molecular formula is C23H23N3O2. The molecule has 0 spiro atoms. The molecule has 0 heterocycles. The highest BCUT2D eigenvalue weighted by molar-refractivity contribution is 5.97. The second kappa shape index (κ2) is 9.48. The third-order valence-electron chi connectivity index (χ3n) is 4.17. The van der Waals surface area contributed by atoms with E-state index < -0.39 is 0 Å². The number of carbonyl (C=O) groups is 2. The van der Waals surface area contributed by atoms with Crippen LogP contribution in [-0.2, 0) is 9.59 Å². The molecule has 0 bridgehead atoms. The summed E-state index contributed by atoms with van der Waals surface area (Å²) < 4.78 is 0. The molecule has 0 aliphatic heterocycles. The molecule has 3 rings (SSSR count). The lowest BCUT2D eigenvalue weighted by Gasteiger charge is -2.17. The van der Waals surface area contributed by atoms with Crippen LogP contribution in [0, 0.1) is 0 Å². The first-order valence-electron chi connectivity index (χ1n) is 9.09. The lowest BCUT2D eigenvalue weighted by Crippen LogP contribution is -2.36. The fourth-order valence-corrected chi connectivity index (χ4v) is 2.92. The first-order chi connectivity index (χ1) is 13.6. The summed E-state index contributed by atoms with van der Waals surface area (Å²) in [6.45, 7) is 0.244. The van der Waals surface area contributed by atoms with Crippen molar-refractivity contribution in [3.63, 3.8) is 0 Å². The molecule has 3 aromatic rings. The Bertz CT molecular complexity index is 927. The maximum Gasteiger partial charge on any atom is 0.238 e. The van der Waals surface area contributed by atoms with Crippen molar-refractivity contribution in [2.75, 3.05) is 30.8 Å². The van der Waals surface area contributed by atoms with Crippen molar-refractivity contribution >= 4 is 23.2 Å². The van der Waals surface area contributed by atoms with Crippen molar-refractivity contribution in [2.45, 2.75) is 0 Å². The highest BCUT2D eigenvalue weighted by atomic mass is 16.2. The molecule has 0 aromatic heterocycles. The predicted molar refractivity (Wildman–Crippen MR) is 113 cm³/mol. The van der Waals surface area contributed by atoms with Gasteiger partial charge in [-0.1, -0.05) is 66.7 Å². The fourth-order valence-electron chi connectivity index (χ4n) is 2.92. The second-order valence-corrected chi connectivity index (χ2v) is 6.55. The minimum atomic E-state index is -0.168. The molecule has 5 heteroatoms. The zero-order valence-corrected chi connectivity index (χ0v) is 15.8. The van der Waals surface area contributed by atoms with Crippen molar-refractivity contribution in [3.05, 3.63) is 84.9 Å². The lowest BCUT2D eigenvalue weighted by molar-refractivity contribution is -0.119. The van der Waals surface area contributed by atoms with E-state index in [-0.39, 0.29) is 24.9 Å². The maximum atomic E-state index is 12.5. The molecule has 0 aliphatic rings. The Morgan fingerprint density at radius 1 is 0.714 bits per heavy atom. The Balaban J connectivity index is 1.56. The molecule has 0 saturated heterocycles. The van der Waals surface area contributed by atoms with Gasteiger partial charge in [-0.25, -0.2) is 0 Å². The van der Waals surface area contributed by atoms with Gasteiger partial charge in [0.15, 0.2) is 0 Å². The first kappa shape index (κ1) is 19.3. The summed E-state index contributed by atoms with van der Waals surface area (Å²) in [5, 5.41) is 5.76. The minimum absolute atomic E-state index is 0.116. The van der Waals surface area contributed by atoms with Gasteiger partial charge in [0, 0.05) is 16.9 Å². The number of para-hydroxylation sites is 2. The monoisotopic (exact) mass is 373 g/mol. The number of likely N-dealkylation sites (N-methyl/N-ethyl adjacent to an activating group) is 1. The Labute approximate surface area is 165 Å². The minimum Gasteiger partial charge on any atom is -0.325 e. The first-order valence-corrected chi connectivity index (χ1v) is 9.09. The number of rotatable bonds is 7. The molecule has 0 radical (unpaired) electrons. The van der Waals surface area contributed by atoms with Gasteiger partial charge in [0.25, 0.3) is 0 Å². The molecule has 3 aromatic carbocycles. The Kier molecular flexibility index (Phi) is 6.54. The van der Waals surface area contributed by atoms with Crippen molar-refractivity contribution in [1.29, 1.82) is 0 Å². The number of nitrogens with one attached hydrogen (secondary N) is 2. The summed E-state index contributed by atoms with van der Waals surface area (Å²) in [6, 6.07) is 26.8. The molecular weight excluding hydrogens is 350 g/mol. The highest BCUT2D eigenvalue weighted by Crippen LogP contribution is 2.27. The fraction of sp³-hybridized carbons (Fsp3) is 0.130. The van der Waals surface area contributed by atoms with Gasteiger partial charge in [-0.2, -0.15) is 0 Å². The molecule has 142 valence electrons. The van der Waals surface area contributed by atoms with Gasteiger partial charge in [0.1, 0.15) is 0 Å². The van der Waals surface area contributed by atoms with Crippen LogP contribution in [0.2, 0.25) is 0 Å². The van der Waals surface area contributed by atoms with Crippen LogP contribution in [0.5, 0.6) is 0 Å². The van der Waals surface area contributed by atoms with Gasteiger partial charge in [-0.15, -0.1) is 0 Å². The summed E-state index contributed by atoms with van der Waals surface area (Å²) in [5.41, 5.74) is 3.48. The topological polar surface area (TPSA) is 61.4 Å². The molecule has 2 amide bonds. The lowest BCUT2D eigenvalue weighted by atomic mass is 10.0. The summed E-state index contributed by atoms with van der Waals surface area (Å²) in [4.78, 5) is 26.3. The molecule has 0 aliphatic carbocycles. The van der Waals surface area contributed by atoms with Gasteiger partial charge in [-0.05, 0) is 30.8 Å². The summed E-state index contributed by atoms with van der Waals surface area (Å²) in [5.74, 6) is -0.329. The van der Waals surface area contributed by atoms with E-state index >= 15 is 0 Å². The van der Waals surface area contributed by atoms with Crippen LogP contribution in [0.25, 0.3) is 11.1 Å². The Morgan fingerprint density at radius 2 is 1.25 bits per heavy atom. The molecule has 0 unspecified atom stereocenters. The van der Waals surface area contributed by atoms with Crippen molar-refractivity contribution in [1.82, 2.24) is 4.90 Å². The van der Waals surface area contributed by atoms with Gasteiger partial charge < -0.3 is 10.6 Å². The summed E-state index contributed by atoms with van der Waals surface area (Å²) >= 11 is 0. The normalized spacial score (nSPS) is 10.5. The zero-order valence-electron chi connectivity index (χ0n) is 15.8. The zero-order chi connectivity index (χ0) is 19.8. The third kappa shape index (κ3) is 5.53. The summed E-state index contributed by atoms with van der Waals surface area (Å²) in [7, 11) is 1.74. The molecule has 0 fully saturated rings. The van der Waals surface area contributed by atoms with Gasteiger partial charge in [0.05, 0.1) is 13.1 Å². The number of amides is 2. The number of nitrogens with zero attached hydrogens (tertiary/aromatic N) is 1. The number of hydrogen-bond donors (Lipinski definition) is 2. The van der Waals surface area contributed by atoms with Crippen molar-refractivity contribution in [2.24, 2.45) is 0 Å². The van der Waals surface area contributed by atoms with E-state index in [0.29, 0.717) is 0 Å². The highest BCUT2D eigenvalue weighted by Gasteiger charge is 2.13. The van der Waals surface area contributed by atoms with Crippen LogP contribution in [0.1, 0.15) is 0 Å². The quantitative estimate of drug-likeness (QED) is 0.661. The number of hydrogen-bond acceptors (Lipinski definition) is 3. The van der Waals surface area contributed by atoms with Crippen LogP contribution in [0.15, 0.2) is 84.9 Å². The Hall–Kier alpha value is -3.44. The molecule has 2 N–H and O–H groups in total. The van der Waals surface area contributed by atoms with Gasteiger partial charge in [0.2, 0.25) is 11.8 Å². The number of anilines is 2. The van der Waals surface area contributed by atoms with E-state index in [4.69, 9.17) is 0 Å². The van der Waals surface area contributed by atoms with Gasteiger partial charge >= 0.3 is 0 Å². The molecule has 0 saturated carbocycles. The van der Waals surface area contributed by atoms with E-state index in [0.717, 1.165) is 22.5 Å². The van der Waals surface area contributed by atoms with Crippen molar-refractivity contribution in [3.8, 4) is 11.1 Å². The smallest absolute Gasteiger partial charge is 0.238 e. The average molecular weight is 373 g/mol. The predicted octanol–water partition coefficient (Wildman–Crippen LogP) is 3.86. The SMILES string of the molecule is CN(CC(=O)Nc1ccccc1)CC(=O)Nc1ccccc1-c1ccccc1.